The standard InChI is InChI=1S/C12H16N4/c1-3-16(11-7-14-8-11)12-10(6-13)5-4-9(2)15-12/h4-5,11,14H,3,7-8H2,1-2H3. The summed E-state index contributed by atoms with van der Waals surface area (Å²) in [5.74, 6) is 0.830. The maximum atomic E-state index is 9.09. The number of likely N-dealkylation sites (N-methyl/N-ethyl adjacent to an activating group) is 1. The van der Waals surface area contributed by atoms with Crippen molar-refractivity contribution in [1.29, 1.82) is 5.26 Å². The minimum atomic E-state index is 0.478. The van der Waals surface area contributed by atoms with Crippen molar-refractivity contribution < 1.29 is 0 Å². The fraction of sp³-hybridized carbons (Fsp3) is 0.500. The highest BCUT2D eigenvalue weighted by molar-refractivity contribution is 5.55. The minimum Gasteiger partial charge on any atom is -0.350 e. The SMILES string of the molecule is CCN(c1nc(C)ccc1C#N)C1CNC1. The van der Waals surface area contributed by atoms with E-state index in [0.717, 1.165) is 31.1 Å². The monoisotopic (exact) mass is 216 g/mol. The molecule has 84 valence electrons. The Labute approximate surface area is 95.9 Å². The van der Waals surface area contributed by atoms with Crippen LogP contribution in [-0.2, 0) is 0 Å². The van der Waals surface area contributed by atoms with Crippen LogP contribution in [0.3, 0.4) is 0 Å². The van der Waals surface area contributed by atoms with Gasteiger partial charge in [-0.15, -0.1) is 0 Å². The number of anilines is 1. The molecule has 0 radical (unpaired) electrons. The average Bonchev–Trinajstić information content (AvgIpc) is 2.23. The molecule has 0 aliphatic carbocycles. The summed E-state index contributed by atoms with van der Waals surface area (Å²) in [7, 11) is 0. The van der Waals surface area contributed by atoms with E-state index in [0.29, 0.717) is 11.6 Å². The summed E-state index contributed by atoms with van der Waals surface area (Å²) in [5, 5.41) is 12.3. The van der Waals surface area contributed by atoms with E-state index in [4.69, 9.17) is 5.26 Å². The number of aromatic nitrogens is 1. The molecule has 2 heterocycles. The van der Waals surface area contributed by atoms with Gasteiger partial charge in [-0.1, -0.05) is 0 Å². The topological polar surface area (TPSA) is 52.0 Å². The zero-order valence-electron chi connectivity index (χ0n) is 9.70. The molecule has 4 heteroatoms. The Hall–Kier alpha value is -1.60. The van der Waals surface area contributed by atoms with Crippen LogP contribution in [0.2, 0.25) is 0 Å². The summed E-state index contributed by atoms with van der Waals surface area (Å²) >= 11 is 0. The lowest BCUT2D eigenvalue weighted by molar-refractivity contribution is 0.415. The van der Waals surface area contributed by atoms with Crippen molar-refractivity contribution in [1.82, 2.24) is 10.3 Å². The summed E-state index contributed by atoms with van der Waals surface area (Å²) in [6.07, 6.45) is 0. The first kappa shape index (κ1) is 10.9. The van der Waals surface area contributed by atoms with Gasteiger partial charge in [-0.3, -0.25) is 0 Å². The molecular formula is C12H16N4. The summed E-state index contributed by atoms with van der Waals surface area (Å²) in [4.78, 5) is 6.70. The number of nitrogens with one attached hydrogen (secondary N) is 1. The summed E-state index contributed by atoms with van der Waals surface area (Å²) in [5.41, 5.74) is 1.62. The van der Waals surface area contributed by atoms with E-state index in [1.54, 1.807) is 0 Å². The Kier molecular flexibility index (Phi) is 3.07. The summed E-state index contributed by atoms with van der Waals surface area (Å²) in [6, 6.07) is 6.43. The van der Waals surface area contributed by atoms with Crippen molar-refractivity contribution in [3.63, 3.8) is 0 Å². The Morgan fingerprint density at radius 2 is 2.31 bits per heavy atom. The molecule has 0 amide bonds. The zero-order valence-corrected chi connectivity index (χ0v) is 9.70. The highest BCUT2D eigenvalue weighted by atomic mass is 15.3. The number of pyridine rings is 1. The fourth-order valence-corrected chi connectivity index (χ4v) is 1.92. The maximum Gasteiger partial charge on any atom is 0.147 e. The van der Waals surface area contributed by atoms with Crippen LogP contribution in [0.5, 0.6) is 0 Å². The predicted molar refractivity (Wildman–Crippen MR) is 63.4 cm³/mol. The van der Waals surface area contributed by atoms with Crippen LogP contribution in [0, 0.1) is 18.3 Å². The molecule has 1 aliphatic heterocycles. The molecule has 0 spiro atoms. The quantitative estimate of drug-likeness (QED) is 0.821. The van der Waals surface area contributed by atoms with E-state index < -0.39 is 0 Å². The number of nitriles is 1. The van der Waals surface area contributed by atoms with Gasteiger partial charge in [0.05, 0.1) is 11.6 Å². The second kappa shape index (κ2) is 4.50. The van der Waals surface area contributed by atoms with Gasteiger partial charge < -0.3 is 10.2 Å². The molecule has 1 N–H and O–H groups in total. The predicted octanol–water partition coefficient (Wildman–Crippen LogP) is 1.06. The zero-order chi connectivity index (χ0) is 11.5. The Bertz CT molecular complexity index is 418. The normalized spacial score (nSPS) is 15.3. The molecule has 0 atom stereocenters. The number of rotatable bonds is 3. The van der Waals surface area contributed by atoms with Crippen molar-refractivity contribution in [3.8, 4) is 6.07 Å². The third-order valence-electron chi connectivity index (χ3n) is 2.95. The van der Waals surface area contributed by atoms with Gasteiger partial charge in [-0.05, 0) is 26.0 Å². The molecule has 0 bridgehead atoms. The van der Waals surface area contributed by atoms with E-state index in [1.807, 2.05) is 19.1 Å². The van der Waals surface area contributed by atoms with Gasteiger partial charge in [0.15, 0.2) is 0 Å². The second-order valence-electron chi connectivity index (χ2n) is 4.03. The van der Waals surface area contributed by atoms with Crippen LogP contribution in [0.15, 0.2) is 12.1 Å². The highest BCUT2D eigenvalue weighted by Crippen LogP contribution is 2.21. The average molecular weight is 216 g/mol. The molecule has 1 aromatic rings. The number of hydrogen-bond acceptors (Lipinski definition) is 4. The number of aryl methyl sites for hydroxylation is 1. The molecule has 16 heavy (non-hydrogen) atoms. The van der Waals surface area contributed by atoms with Gasteiger partial charge >= 0.3 is 0 Å². The largest absolute Gasteiger partial charge is 0.350 e. The molecule has 4 nitrogen and oxygen atoms in total. The first-order valence-electron chi connectivity index (χ1n) is 5.61. The molecule has 0 saturated carbocycles. The van der Waals surface area contributed by atoms with Gasteiger partial charge in [0.25, 0.3) is 0 Å². The van der Waals surface area contributed by atoms with Crippen molar-refractivity contribution in [2.45, 2.75) is 19.9 Å². The fourth-order valence-electron chi connectivity index (χ4n) is 1.92. The Morgan fingerprint density at radius 3 is 2.81 bits per heavy atom. The molecule has 0 unspecified atom stereocenters. The third kappa shape index (κ3) is 1.86. The van der Waals surface area contributed by atoms with Crippen LogP contribution in [0.1, 0.15) is 18.2 Å². The van der Waals surface area contributed by atoms with E-state index >= 15 is 0 Å². The Morgan fingerprint density at radius 1 is 1.56 bits per heavy atom. The number of hydrogen-bond donors (Lipinski definition) is 1. The van der Waals surface area contributed by atoms with Crippen molar-refractivity contribution in [2.75, 3.05) is 24.5 Å². The van der Waals surface area contributed by atoms with E-state index in [1.165, 1.54) is 0 Å². The van der Waals surface area contributed by atoms with Gasteiger partial charge in [-0.25, -0.2) is 4.98 Å². The van der Waals surface area contributed by atoms with Crippen molar-refractivity contribution in [3.05, 3.63) is 23.4 Å². The van der Waals surface area contributed by atoms with Gasteiger partial charge in [-0.2, -0.15) is 5.26 Å². The van der Waals surface area contributed by atoms with Crippen LogP contribution >= 0.6 is 0 Å². The van der Waals surface area contributed by atoms with Gasteiger partial charge in [0.2, 0.25) is 0 Å². The van der Waals surface area contributed by atoms with Crippen molar-refractivity contribution in [2.24, 2.45) is 0 Å². The lowest BCUT2D eigenvalue weighted by atomic mass is 10.1. The first-order chi connectivity index (χ1) is 7.76. The Balaban J connectivity index is 2.35. The van der Waals surface area contributed by atoms with Crippen LogP contribution in [-0.4, -0.2) is 30.7 Å². The number of nitrogens with zero attached hydrogens (tertiary/aromatic N) is 3. The van der Waals surface area contributed by atoms with Crippen molar-refractivity contribution >= 4 is 5.82 Å². The van der Waals surface area contributed by atoms with Crippen LogP contribution in [0.4, 0.5) is 5.82 Å². The smallest absolute Gasteiger partial charge is 0.147 e. The van der Waals surface area contributed by atoms with Gasteiger partial charge in [0, 0.05) is 25.3 Å². The molecule has 0 aromatic carbocycles. The molecule has 1 aliphatic rings. The lowest BCUT2D eigenvalue weighted by Crippen LogP contribution is -2.57. The lowest BCUT2D eigenvalue weighted by Gasteiger charge is -2.38. The van der Waals surface area contributed by atoms with E-state index in [2.05, 4.69) is 28.2 Å². The third-order valence-corrected chi connectivity index (χ3v) is 2.95. The van der Waals surface area contributed by atoms with E-state index in [-0.39, 0.29) is 0 Å². The molecular weight excluding hydrogens is 200 g/mol. The van der Waals surface area contributed by atoms with Crippen LogP contribution < -0.4 is 10.2 Å². The van der Waals surface area contributed by atoms with E-state index in [9.17, 15) is 0 Å². The highest BCUT2D eigenvalue weighted by Gasteiger charge is 2.26. The molecule has 1 saturated heterocycles. The summed E-state index contributed by atoms with van der Waals surface area (Å²) < 4.78 is 0. The second-order valence-corrected chi connectivity index (χ2v) is 4.03. The molecule has 2 rings (SSSR count). The van der Waals surface area contributed by atoms with Crippen LogP contribution in [0.25, 0.3) is 0 Å². The first-order valence-corrected chi connectivity index (χ1v) is 5.61. The minimum absolute atomic E-state index is 0.478. The molecule has 1 fully saturated rings. The molecule has 1 aromatic heterocycles. The summed E-state index contributed by atoms with van der Waals surface area (Å²) in [6.45, 7) is 6.90. The van der Waals surface area contributed by atoms with Gasteiger partial charge in [0.1, 0.15) is 11.9 Å². The maximum absolute atomic E-state index is 9.09.